The molecule has 4 rings (SSSR count). The smallest absolute Gasteiger partial charge is 0.261 e. The Labute approximate surface area is 127 Å². The topological polar surface area (TPSA) is 45.2 Å². The molecule has 0 spiro atoms. The molecule has 2 saturated heterocycles. The minimum Gasteiger partial charge on any atom is -0.347 e. The number of piperidine rings is 1. The highest BCUT2D eigenvalue weighted by atomic mass is 32.1. The summed E-state index contributed by atoms with van der Waals surface area (Å²) < 4.78 is 0. The number of thiophene rings is 1. The quantitative estimate of drug-likeness (QED) is 0.945. The Morgan fingerprint density at radius 2 is 2.29 bits per heavy atom. The Bertz CT molecular complexity index is 655. The van der Waals surface area contributed by atoms with E-state index in [-0.39, 0.29) is 5.91 Å². The van der Waals surface area contributed by atoms with Crippen molar-refractivity contribution in [3.8, 4) is 10.4 Å². The van der Waals surface area contributed by atoms with Crippen LogP contribution in [-0.4, -0.2) is 41.5 Å². The zero-order valence-electron chi connectivity index (χ0n) is 11.7. The van der Waals surface area contributed by atoms with Gasteiger partial charge in [-0.25, -0.2) is 0 Å². The Hall–Kier alpha value is -1.72. The first kappa shape index (κ1) is 13.0. The Kier molecular flexibility index (Phi) is 3.24. The fourth-order valence-corrected chi connectivity index (χ4v) is 4.21. The number of nitrogens with zero attached hydrogens (tertiary/aromatic N) is 2. The van der Waals surface area contributed by atoms with Crippen molar-refractivity contribution >= 4 is 17.2 Å². The van der Waals surface area contributed by atoms with Gasteiger partial charge in [0, 0.05) is 42.0 Å². The Balaban J connectivity index is 1.47. The molecule has 2 unspecified atom stereocenters. The average molecular weight is 299 g/mol. The van der Waals surface area contributed by atoms with Crippen LogP contribution >= 0.6 is 11.3 Å². The van der Waals surface area contributed by atoms with E-state index in [0.717, 1.165) is 28.4 Å². The largest absolute Gasteiger partial charge is 0.347 e. The van der Waals surface area contributed by atoms with Gasteiger partial charge in [0.25, 0.3) is 5.91 Å². The monoisotopic (exact) mass is 299 g/mol. The molecule has 0 radical (unpaired) electrons. The first-order chi connectivity index (χ1) is 10.3. The zero-order valence-corrected chi connectivity index (χ0v) is 12.5. The average Bonchev–Trinajstić information content (AvgIpc) is 3.24. The molecule has 5 heteroatoms. The van der Waals surface area contributed by atoms with Crippen molar-refractivity contribution in [2.45, 2.75) is 12.5 Å². The lowest BCUT2D eigenvalue weighted by molar-refractivity contribution is 0.0928. The first-order valence-corrected chi connectivity index (χ1v) is 8.15. The lowest BCUT2D eigenvalue weighted by Gasteiger charge is -2.22. The zero-order chi connectivity index (χ0) is 14.2. The van der Waals surface area contributed by atoms with E-state index < -0.39 is 0 Å². The summed E-state index contributed by atoms with van der Waals surface area (Å²) in [5, 5.41) is 3.21. The number of carbonyl (C=O) groups is 1. The summed E-state index contributed by atoms with van der Waals surface area (Å²) in [6, 6.07) is 8.18. The third kappa shape index (κ3) is 2.47. The van der Waals surface area contributed by atoms with Gasteiger partial charge in [-0.15, -0.1) is 11.3 Å². The molecule has 2 bridgehead atoms. The Morgan fingerprint density at radius 1 is 1.33 bits per heavy atom. The number of aromatic nitrogens is 1. The molecule has 4 heterocycles. The number of carbonyl (C=O) groups excluding carboxylic acids is 1. The van der Waals surface area contributed by atoms with Gasteiger partial charge < -0.3 is 10.2 Å². The maximum Gasteiger partial charge on any atom is 0.261 e. The van der Waals surface area contributed by atoms with Crippen LogP contribution in [0.5, 0.6) is 0 Å². The van der Waals surface area contributed by atoms with Crippen LogP contribution in [-0.2, 0) is 0 Å². The van der Waals surface area contributed by atoms with Gasteiger partial charge in [0.15, 0.2) is 0 Å². The lowest BCUT2D eigenvalue weighted by Crippen LogP contribution is -2.42. The standard InChI is InChI=1S/C16H17N3OS/c20-16(18-13-10-19-7-5-12(13)9-19)15-4-3-14(21-15)11-2-1-6-17-8-11/h1-4,6,8,12-13H,5,7,9-10H2,(H,18,20)/t12-,13?/m0/s1. The van der Waals surface area contributed by atoms with E-state index in [2.05, 4.69) is 15.2 Å². The van der Waals surface area contributed by atoms with Crippen LogP contribution in [0.3, 0.4) is 0 Å². The number of rotatable bonds is 3. The summed E-state index contributed by atoms with van der Waals surface area (Å²) >= 11 is 1.53. The third-order valence-electron chi connectivity index (χ3n) is 4.43. The van der Waals surface area contributed by atoms with E-state index in [0.29, 0.717) is 12.0 Å². The fraction of sp³-hybridized carbons (Fsp3) is 0.375. The molecule has 0 aliphatic carbocycles. The molecular formula is C16H17N3OS. The SMILES string of the molecule is O=C(NC1CN2CC[C@H]1C2)c1ccc(-c2cccnc2)s1. The number of fused-ring (bicyclic) bond motifs is 2. The van der Waals surface area contributed by atoms with Crippen molar-refractivity contribution in [2.75, 3.05) is 19.6 Å². The van der Waals surface area contributed by atoms with Crippen molar-refractivity contribution < 1.29 is 4.79 Å². The second-order valence-electron chi connectivity index (χ2n) is 5.79. The number of pyridine rings is 1. The number of hydrogen-bond donors (Lipinski definition) is 1. The van der Waals surface area contributed by atoms with Crippen LogP contribution in [0.25, 0.3) is 10.4 Å². The normalized spacial score (nSPS) is 27.0. The minimum absolute atomic E-state index is 0.0638. The van der Waals surface area contributed by atoms with Crippen LogP contribution in [0.2, 0.25) is 0 Å². The van der Waals surface area contributed by atoms with Gasteiger partial charge >= 0.3 is 0 Å². The van der Waals surface area contributed by atoms with Gasteiger partial charge in [-0.1, -0.05) is 6.07 Å². The van der Waals surface area contributed by atoms with Crippen LogP contribution in [0.4, 0.5) is 0 Å². The molecule has 2 aliphatic heterocycles. The van der Waals surface area contributed by atoms with E-state index in [4.69, 9.17) is 0 Å². The van der Waals surface area contributed by atoms with Crippen molar-refractivity contribution in [1.29, 1.82) is 0 Å². The second kappa shape index (κ2) is 5.24. The van der Waals surface area contributed by atoms with Crippen LogP contribution in [0.15, 0.2) is 36.7 Å². The fourth-order valence-electron chi connectivity index (χ4n) is 3.31. The van der Waals surface area contributed by atoms with Crippen molar-refractivity contribution in [3.63, 3.8) is 0 Å². The van der Waals surface area contributed by atoms with Gasteiger partial charge in [-0.2, -0.15) is 0 Å². The summed E-state index contributed by atoms with van der Waals surface area (Å²) in [5.41, 5.74) is 1.06. The molecule has 0 aromatic carbocycles. The summed E-state index contributed by atoms with van der Waals surface area (Å²) in [7, 11) is 0. The van der Waals surface area contributed by atoms with Crippen molar-refractivity contribution in [2.24, 2.45) is 5.92 Å². The molecular weight excluding hydrogens is 282 g/mol. The summed E-state index contributed by atoms with van der Waals surface area (Å²) in [6.07, 6.45) is 4.81. The molecule has 2 aromatic rings. The highest BCUT2D eigenvalue weighted by molar-refractivity contribution is 7.17. The molecule has 108 valence electrons. The molecule has 0 saturated carbocycles. The Morgan fingerprint density at radius 3 is 3.00 bits per heavy atom. The van der Waals surface area contributed by atoms with Crippen LogP contribution in [0.1, 0.15) is 16.1 Å². The summed E-state index contributed by atoms with van der Waals surface area (Å²) in [5.74, 6) is 0.709. The van der Waals surface area contributed by atoms with Gasteiger partial charge in [0.1, 0.15) is 0 Å². The lowest BCUT2D eigenvalue weighted by atomic mass is 10.00. The first-order valence-electron chi connectivity index (χ1n) is 7.33. The number of amides is 1. The van der Waals surface area contributed by atoms with Crippen LogP contribution < -0.4 is 5.32 Å². The maximum atomic E-state index is 12.4. The van der Waals surface area contributed by atoms with Gasteiger partial charge in [0.05, 0.1) is 4.88 Å². The highest BCUT2D eigenvalue weighted by Crippen LogP contribution is 2.30. The number of hydrogen-bond acceptors (Lipinski definition) is 4. The summed E-state index contributed by atoms with van der Waals surface area (Å²) in [6.45, 7) is 3.36. The molecule has 1 N–H and O–H groups in total. The van der Waals surface area contributed by atoms with Gasteiger partial charge in [-0.3, -0.25) is 9.78 Å². The molecule has 2 aliphatic rings. The minimum atomic E-state index is 0.0638. The highest BCUT2D eigenvalue weighted by Gasteiger charge is 2.38. The van der Waals surface area contributed by atoms with Gasteiger partial charge in [-0.05, 0) is 37.1 Å². The molecule has 1 amide bonds. The third-order valence-corrected chi connectivity index (χ3v) is 5.56. The van der Waals surface area contributed by atoms with Gasteiger partial charge in [0.2, 0.25) is 0 Å². The van der Waals surface area contributed by atoms with Crippen LogP contribution in [0, 0.1) is 5.92 Å². The molecule has 21 heavy (non-hydrogen) atoms. The molecule has 2 fully saturated rings. The predicted octanol–water partition coefficient (Wildman–Crippen LogP) is 2.24. The number of nitrogens with one attached hydrogen (secondary N) is 1. The van der Waals surface area contributed by atoms with Crippen molar-refractivity contribution in [3.05, 3.63) is 41.5 Å². The maximum absolute atomic E-state index is 12.4. The van der Waals surface area contributed by atoms with E-state index in [1.165, 1.54) is 24.3 Å². The molecule has 4 nitrogen and oxygen atoms in total. The van der Waals surface area contributed by atoms with E-state index >= 15 is 0 Å². The molecule has 3 atom stereocenters. The van der Waals surface area contributed by atoms with E-state index in [1.807, 2.05) is 30.5 Å². The van der Waals surface area contributed by atoms with Crippen molar-refractivity contribution in [1.82, 2.24) is 15.2 Å². The summed E-state index contributed by atoms with van der Waals surface area (Å²) in [4.78, 5) is 20.8. The second-order valence-corrected chi connectivity index (χ2v) is 6.88. The van der Waals surface area contributed by atoms with E-state index in [1.54, 1.807) is 6.20 Å². The molecule has 2 aromatic heterocycles. The predicted molar refractivity (Wildman–Crippen MR) is 83.4 cm³/mol. The van der Waals surface area contributed by atoms with E-state index in [9.17, 15) is 4.79 Å².